The number of carbonyl (C=O) groups is 1. The van der Waals surface area contributed by atoms with E-state index < -0.39 is 0 Å². The highest BCUT2D eigenvalue weighted by Crippen LogP contribution is 2.50. The Morgan fingerprint density at radius 2 is 1.96 bits per heavy atom. The Morgan fingerprint density at radius 1 is 1.21 bits per heavy atom. The molecule has 2 unspecified atom stereocenters. The van der Waals surface area contributed by atoms with Gasteiger partial charge in [-0.25, -0.2) is 0 Å². The van der Waals surface area contributed by atoms with E-state index in [0.717, 1.165) is 23.8 Å². The van der Waals surface area contributed by atoms with Crippen molar-refractivity contribution in [2.24, 2.45) is 11.3 Å². The number of aromatic nitrogens is 1. The third kappa shape index (κ3) is 2.67. The molecule has 1 N–H and O–H groups in total. The van der Waals surface area contributed by atoms with Crippen molar-refractivity contribution < 1.29 is 4.79 Å². The number of rotatable bonds is 1. The van der Waals surface area contributed by atoms with Crippen molar-refractivity contribution in [1.82, 2.24) is 4.98 Å². The molecule has 0 saturated carbocycles. The molecule has 0 spiro atoms. The van der Waals surface area contributed by atoms with E-state index in [-0.39, 0.29) is 11.8 Å². The topological polar surface area (TPSA) is 42.0 Å². The van der Waals surface area contributed by atoms with Gasteiger partial charge in [0.25, 0.3) is 0 Å². The van der Waals surface area contributed by atoms with Gasteiger partial charge in [0, 0.05) is 29.6 Å². The van der Waals surface area contributed by atoms with E-state index in [9.17, 15) is 4.79 Å². The third-order valence-corrected chi connectivity index (χ3v) is 6.82. The lowest BCUT2D eigenvalue weighted by molar-refractivity contribution is -0.116. The van der Waals surface area contributed by atoms with Crippen LogP contribution in [0.15, 0.2) is 24.5 Å². The highest BCUT2D eigenvalue weighted by molar-refractivity contribution is 7.16. The van der Waals surface area contributed by atoms with Crippen LogP contribution in [0, 0.1) is 11.3 Å². The molecule has 2 aromatic rings. The number of thiophene rings is 1. The summed E-state index contributed by atoms with van der Waals surface area (Å²) in [5.41, 5.74) is 4.45. The summed E-state index contributed by atoms with van der Waals surface area (Å²) in [6.45, 7) is 7.03. The number of pyridine rings is 1. The molecule has 3 nitrogen and oxygen atoms in total. The number of carbonyl (C=O) groups excluding carboxylic acids is 1. The number of nitrogens with zero attached hydrogens (tertiary/aromatic N) is 1. The van der Waals surface area contributed by atoms with Gasteiger partial charge >= 0.3 is 0 Å². The lowest BCUT2D eigenvalue weighted by Crippen LogP contribution is -2.27. The lowest BCUT2D eigenvalue weighted by atomic mass is 9.71. The van der Waals surface area contributed by atoms with Gasteiger partial charge in [0.05, 0.1) is 5.00 Å². The zero-order valence-electron chi connectivity index (χ0n) is 14.6. The second-order valence-corrected chi connectivity index (χ2v) is 9.24. The minimum Gasteiger partial charge on any atom is -0.317 e. The molecule has 3 heterocycles. The van der Waals surface area contributed by atoms with Gasteiger partial charge in [0.15, 0.2) is 0 Å². The smallest absolute Gasteiger partial charge is 0.225 e. The average molecular weight is 340 g/mol. The average Bonchev–Trinajstić information content (AvgIpc) is 2.91. The van der Waals surface area contributed by atoms with Crippen LogP contribution in [-0.4, -0.2) is 10.9 Å². The second kappa shape index (κ2) is 5.69. The first kappa shape index (κ1) is 15.8. The molecule has 126 valence electrons. The molecule has 1 aliphatic carbocycles. The SMILES string of the molecule is CC(C)(C)C1CCc2c(sc3c2C(c2ccncc2)CC(=O)N3)C1. The molecule has 4 heteroatoms. The Kier molecular flexibility index (Phi) is 3.75. The van der Waals surface area contributed by atoms with Gasteiger partial charge in [0.1, 0.15) is 0 Å². The molecule has 1 aliphatic heterocycles. The monoisotopic (exact) mass is 340 g/mol. The molecule has 2 aliphatic rings. The molecule has 2 aromatic heterocycles. The number of hydrogen-bond acceptors (Lipinski definition) is 3. The van der Waals surface area contributed by atoms with Crippen LogP contribution in [0.25, 0.3) is 0 Å². The summed E-state index contributed by atoms with van der Waals surface area (Å²) in [6, 6.07) is 4.11. The van der Waals surface area contributed by atoms with E-state index in [1.807, 2.05) is 23.7 Å². The third-order valence-electron chi connectivity index (χ3n) is 5.63. The maximum absolute atomic E-state index is 12.2. The Balaban J connectivity index is 1.76. The highest BCUT2D eigenvalue weighted by atomic mass is 32.1. The molecule has 0 bridgehead atoms. The molecule has 4 rings (SSSR count). The van der Waals surface area contributed by atoms with Gasteiger partial charge in [-0.15, -0.1) is 11.3 Å². The molecule has 0 fully saturated rings. The minimum atomic E-state index is 0.135. The van der Waals surface area contributed by atoms with Crippen LogP contribution in [0.3, 0.4) is 0 Å². The zero-order chi connectivity index (χ0) is 16.9. The highest BCUT2D eigenvalue weighted by Gasteiger charge is 2.37. The van der Waals surface area contributed by atoms with Crippen molar-refractivity contribution >= 4 is 22.2 Å². The van der Waals surface area contributed by atoms with E-state index in [1.165, 1.54) is 28.0 Å². The Morgan fingerprint density at radius 3 is 2.67 bits per heavy atom. The first-order valence-electron chi connectivity index (χ1n) is 8.77. The summed E-state index contributed by atoms with van der Waals surface area (Å²) in [5.74, 6) is 1.04. The van der Waals surface area contributed by atoms with Crippen molar-refractivity contribution in [3.63, 3.8) is 0 Å². The van der Waals surface area contributed by atoms with Crippen molar-refractivity contribution in [2.75, 3.05) is 5.32 Å². The molecular formula is C20H24N2OS. The predicted octanol–water partition coefficient (Wildman–Crippen LogP) is 4.77. The molecule has 0 radical (unpaired) electrons. The standard InChI is InChI=1S/C20H24N2OS/c1-20(2,3)13-4-5-14-16(10-13)24-19-18(14)15(11-17(23)22-19)12-6-8-21-9-7-12/h6-9,13,15H,4-5,10-11H2,1-3H3,(H,22,23). The maximum atomic E-state index is 12.2. The summed E-state index contributed by atoms with van der Waals surface area (Å²) >= 11 is 1.81. The van der Waals surface area contributed by atoms with Crippen molar-refractivity contribution in [3.8, 4) is 0 Å². The van der Waals surface area contributed by atoms with Crippen molar-refractivity contribution in [2.45, 2.75) is 52.4 Å². The molecule has 1 amide bonds. The van der Waals surface area contributed by atoms with Crippen LogP contribution >= 0.6 is 11.3 Å². The van der Waals surface area contributed by atoms with Crippen molar-refractivity contribution in [1.29, 1.82) is 0 Å². The first-order valence-corrected chi connectivity index (χ1v) is 9.59. The summed E-state index contributed by atoms with van der Waals surface area (Å²) in [6.07, 6.45) is 7.74. The largest absolute Gasteiger partial charge is 0.317 e. The number of fused-ring (bicyclic) bond motifs is 3. The van der Waals surface area contributed by atoms with E-state index in [2.05, 4.69) is 43.2 Å². The lowest BCUT2D eigenvalue weighted by Gasteiger charge is -2.34. The molecule has 24 heavy (non-hydrogen) atoms. The number of amides is 1. The number of nitrogens with one attached hydrogen (secondary N) is 1. The number of hydrogen-bond donors (Lipinski definition) is 1. The fourth-order valence-electron chi connectivity index (χ4n) is 4.16. The fraction of sp³-hybridized carbons (Fsp3) is 0.500. The minimum absolute atomic E-state index is 0.135. The van der Waals surface area contributed by atoms with Crippen LogP contribution < -0.4 is 5.32 Å². The van der Waals surface area contributed by atoms with Gasteiger partial charge in [-0.3, -0.25) is 9.78 Å². The van der Waals surface area contributed by atoms with Gasteiger partial charge in [-0.2, -0.15) is 0 Å². The Bertz CT molecular complexity index is 773. The second-order valence-electron chi connectivity index (χ2n) is 8.14. The van der Waals surface area contributed by atoms with Gasteiger partial charge < -0.3 is 5.32 Å². The van der Waals surface area contributed by atoms with Crippen LogP contribution in [-0.2, 0) is 17.6 Å². The van der Waals surface area contributed by atoms with Crippen LogP contribution in [0.1, 0.15) is 61.1 Å². The Labute approximate surface area is 147 Å². The van der Waals surface area contributed by atoms with Crippen LogP contribution in [0.2, 0.25) is 0 Å². The summed E-state index contributed by atoms with van der Waals surface area (Å²) < 4.78 is 0. The predicted molar refractivity (Wildman–Crippen MR) is 98.6 cm³/mol. The maximum Gasteiger partial charge on any atom is 0.225 e. The molecule has 2 atom stereocenters. The van der Waals surface area contributed by atoms with E-state index in [1.54, 1.807) is 0 Å². The summed E-state index contributed by atoms with van der Waals surface area (Å²) in [4.78, 5) is 17.8. The molecule has 0 saturated heterocycles. The van der Waals surface area contributed by atoms with E-state index in [4.69, 9.17) is 0 Å². The fourth-order valence-corrected chi connectivity index (χ4v) is 5.56. The molecular weight excluding hydrogens is 316 g/mol. The van der Waals surface area contributed by atoms with Crippen LogP contribution in [0.4, 0.5) is 5.00 Å². The van der Waals surface area contributed by atoms with Crippen molar-refractivity contribution in [3.05, 3.63) is 46.1 Å². The first-order chi connectivity index (χ1) is 11.4. The zero-order valence-corrected chi connectivity index (χ0v) is 15.4. The normalized spacial score (nSPS) is 23.4. The quantitative estimate of drug-likeness (QED) is 0.812. The Hall–Kier alpha value is -1.68. The van der Waals surface area contributed by atoms with Gasteiger partial charge in [-0.05, 0) is 59.4 Å². The van der Waals surface area contributed by atoms with Gasteiger partial charge in [-0.1, -0.05) is 20.8 Å². The van der Waals surface area contributed by atoms with Gasteiger partial charge in [0.2, 0.25) is 5.91 Å². The van der Waals surface area contributed by atoms with E-state index >= 15 is 0 Å². The summed E-state index contributed by atoms with van der Waals surface area (Å²) in [7, 11) is 0. The summed E-state index contributed by atoms with van der Waals surface area (Å²) in [5, 5.41) is 4.22. The van der Waals surface area contributed by atoms with Crippen LogP contribution in [0.5, 0.6) is 0 Å². The number of anilines is 1. The van der Waals surface area contributed by atoms with E-state index in [0.29, 0.717) is 11.8 Å². The molecule has 0 aromatic carbocycles.